The van der Waals surface area contributed by atoms with Crippen LogP contribution in [0.15, 0.2) is 72.8 Å². The molecule has 3 aromatic rings. The van der Waals surface area contributed by atoms with Crippen LogP contribution in [0.3, 0.4) is 0 Å². The number of carboxylic acid groups (broad SMARTS) is 1. The van der Waals surface area contributed by atoms with Crippen LogP contribution in [0.25, 0.3) is 16.7 Å². The minimum Gasteiger partial charge on any atom is -0.497 e. The van der Waals surface area contributed by atoms with Crippen molar-refractivity contribution in [3.63, 3.8) is 0 Å². The number of hydrogen-bond acceptors (Lipinski definition) is 3. The summed E-state index contributed by atoms with van der Waals surface area (Å²) in [7, 11) is 1.70. The van der Waals surface area contributed by atoms with E-state index < -0.39 is 5.97 Å². The SMILES string of the molecule is COc1cccc(-c2ccc(COc3cccc([C@H](CC(=O)O)C4CCC4)c3)cc2C2=CCCC2(C)C)c1. The van der Waals surface area contributed by atoms with Gasteiger partial charge in [0.25, 0.3) is 0 Å². The predicted octanol–water partition coefficient (Wildman–Crippen LogP) is 8.50. The van der Waals surface area contributed by atoms with Gasteiger partial charge < -0.3 is 14.6 Å². The molecule has 0 bridgehead atoms. The summed E-state index contributed by atoms with van der Waals surface area (Å²) < 4.78 is 11.8. The van der Waals surface area contributed by atoms with Crippen molar-refractivity contribution < 1.29 is 19.4 Å². The summed E-state index contributed by atoms with van der Waals surface area (Å²) >= 11 is 0. The van der Waals surface area contributed by atoms with E-state index in [9.17, 15) is 9.90 Å². The van der Waals surface area contributed by atoms with Crippen LogP contribution in [-0.4, -0.2) is 18.2 Å². The Morgan fingerprint density at radius 2 is 1.79 bits per heavy atom. The van der Waals surface area contributed by atoms with E-state index in [-0.39, 0.29) is 17.8 Å². The van der Waals surface area contributed by atoms with Crippen molar-refractivity contribution in [1.29, 1.82) is 0 Å². The number of ether oxygens (including phenoxy) is 2. The lowest BCUT2D eigenvalue weighted by Crippen LogP contribution is -2.22. The maximum atomic E-state index is 11.5. The van der Waals surface area contributed by atoms with Crippen LogP contribution in [0, 0.1) is 11.3 Å². The molecule has 2 aliphatic carbocycles. The molecule has 0 unspecified atom stereocenters. The summed E-state index contributed by atoms with van der Waals surface area (Å²) in [6.07, 6.45) is 8.20. The van der Waals surface area contributed by atoms with E-state index in [0.29, 0.717) is 12.5 Å². The minimum atomic E-state index is -0.735. The maximum Gasteiger partial charge on any atom is 0.303 e. The minimum absolute atomic E-state index is 0.0510. The first kappa shape index (κ1) is 26.1. The van der Waals surface area contributed by atoms with Crippen LogP contribution < -0.4 is 9.47 Å². The number of methoxy groups -OCH3 is 1. The summed E-state index contributed by atoms with van der Waals surface area (Å²) in [4.78, 5) is 11.5. The zero-order valence-electron chi connectivity index (χ0n) is 22.7. The molecule has 1 fully saturated rings. The van der Waals surface area contributed by atoms with Gasteiger partial charge in [-0.25, -0.2) is 0 Å². The van der Waals surface area contributed by atoms with Crippen LogP contribution in [0.4, 0.5) is 0 Å². The summed E-state index contributed by atoms with van der Waals surface area (Å²) in [5.74, 6) is 1.41. The first-order chi connectivity index (χ1) is 18.3. The van der Waals surface area contributed by atoms with Crippen molar-refractivity contribution in [1.82, 2.24) is 0 Å². The first-order valence-electron chi connectivity index (χ1n) is 13.8. The van der Waals surface area contributed by atoms with E-state index in [1.165, 1.54) is 23.1 Å². The number of rotatable bonds is 10. The average molecular weight is 511 g/mol. The Balaban J connectivity index is 1.41. The predicted molar refractivity (Wildman–Crippen MR) is 153 cm³/mol. The quantitative estimate of drug-likeness (QED) is 0.297. The van der Waals surface area contributed by atoms with Crippen LogP contribution in [0.1, 0.15) is 75.0 Å². The first-order valence-corrected chi connectivity index (χ1v) is 13.8. The highest BCUT2D eigenvalue weighted by molar-refractivity contribution is 5.85. The topological polar surface area (TPSA) is 55.8 Å². The van der Waals surface area contributed by atoms with E-state index in [4.69, 9.17) is 9.47 Å². The van der Waals surface area contributed by atoms with Gasteiger partial charge in [-0.3, -0.25) is 4.79 Å². The molecular formula is C34H38O4. The number of carbonyl (C=O) groups is 1. The zero-order valence-corrected chi connectivity index (χ0v) is 22.7. The molecule has 0 aromatic heterocycles. The summed E-state index contributed by atoms with van der Waals surface area (Å²) in [5, 5.41) is 9.48. The monoisotopic (exact) mass is 510 g/mol. The van der Waals surface area contributed by atoms with Gasteiger partial charge in [0.05, 0.1) is 13.5 Å². The molecule has 4 nitrogen and oxygen atoms in total. The van der Waals surface area contributed by atoms with Crippen molar-refractivity contribution in [2.45, 2.75) is 64.9 Å². The molecule has 4 heteroatoms. The Kier molecular flexibility index (Phi) is 7.60. The molecule has 198 valence electrons. The number of allylic oxidation sites excluding steroid dienone is 2. The van der Waals surface area contributed by atoms with E-state index >= 15 is 0 Å². The van der Waals surface area contributed by atoms with Crippen molar-refractivity contribution in [2.75, 3.05) is 7.11 Å². The highest BCUT2D eigenvalue weighted by Gasteiger charge is 2.31. The molecule has 1 saturated carbocycles. The second kappa shape index (κ2) is 11.1. The largest absolute Gasteiger partial charge is 0.497 e. The lowest BCUT2D eigenvalue weighted by molar-refractivity contribution is -0.138. The Morgan fingerprint density at radius 1 is 1.00 bits per heavy atom. The summed E-state index contributed by atoms with van der Waals surface area (Å²) in [5.41, 5.74) is 7.28. The van der Waals surface area contributed by atoms with E-state index in [1.807, 2.05) is 30.3 Å². The Bertz CT molecular complexity index is 1330. The molecule has 0 aliphatic heterocycles. The Labute approximate surface area is 226 Å². The van der Waals surface area contributed by atoms with Crippen molar-refractivity contribution >= 4 is 11.5 Å². The van der Waals surface area contributed by atoms with Gasteiger partial charge in [0.2, 0.25) is 0 Å². The molecule has 0 saturated heterocycles. The normalized spacial score (nSPS) is 17.4. The third kappa shape index (κ3) is 5.65. The lowest BCUT2D eigenvalue weighted by Gasteiger charge is -2.33. The van der Waals surface area contributed by atoms with Crippen LogP contribution >= 0.6 is 0 Å². The van der Waals surface area contributed by atoms with Gasteiger partial charge in [0.1, 0.15) is 18.1 Å². The molecule has 0 heterocycles. The smallest absolute Gasteiger partial charge is 0.303 e. The fourth-order valence-electron chi connectivity index (χ4n) is 6.00. The van der Waals surface area contributed by atoms with Crippen LogP contribution in [0.2, 0.25) is 0 Å². The van der Waals surface area contributed by atoms with Gasteiger partial charge in [-0.2, -0.15) is 0 Å². The van der Waals surface area contributed by atoms with Gasteiger partial charge in [0, 0.05) is 0 Å². The van der Waals surface area contributed by atoms with Crippen molar-refractivity contribution in [2.24, 2.45) is 11.3 Å². The third-order valence-electron chi connectivity index (χ3n) is 8.41. The van der Waals surface area contributed by atoms with Gasteiger partial charge >= 0.3 is 5.97 Å². The highest BCUT2D eigenvalue weighted by Crippen LogP contribution is 2.47. The standard InChI is InChI=1S/C34H38O4/c1-34(2)17-7-14-32(34)31-18-23(15-16-29(31)25-10-5-12-27(19-25)37-3)22-38-28-13-6-11-26(20-28)30(21-33(35)36)24-8-4-9-24/h5-6,10-16,18-20,24,30H,4,7-9,17,21-22H2,1-3H3,(H,35,36)/t30-/m1/s1. The number of hydrogen-bond donors (Lipinski definition) is 1. The zero-order chi connectivity index (χ0) is 26.7. The van der Waals surface area contributed by atoms with E-state index in [0.717, 1.165) is 53.9 Å². The fraction of sp³-hybridized carbons (Fsp3) is 0.382. The molecule has 38 heavy (non-hydrogen) atoms. The second-order valence-electron chi connectivity index (χ2n) is 11.4. The molecule has 2 aliphatic rings. The molecule has 3 aromatic carbocycles. The third-order valence-corrected chi connectivity index (χ3v) is 8.41. The molecule has 1 N–H and O–H groups in total. The number of aliphatic carboxylic acids is 1. The average Bonchev–Trinajstić information content (AvgIpc) is 3.24. The van der Waals surface area contributed by atoms with Crippen molar-refractivity contribution in [3.05, 3.63) is 89.5 Å². The van der Waals surface area contributed by atoms with Gasteiger partial charge in [-0.05, 0) is 107 Å². The molecule has 0 spiro atoms. The van der Waals surface area contributed by atoms with Crippen LogP contribution in [0.5, 0.6) is 11.5 Å². The number of benzene rings is 3. The molecule has 5 rings (SSSR count). The van der Waals surface area contributed by atoms with Gasteiger partial charge in [0.15, 0.2) is 0 Å². The van der Waals surface area contributed by atoms with Gasteiger partial charge in [-0.15, -0.1) is 0 Å². The molecular weight excluding hydrogens is 472 g/mol. The molecule has 1 atom stereocenters. The highest BCUT2D eigenvalue weighted by atomic mass is 16.5. The Hall–Kier alpha value is -3.53. The second-order valence-corrected chi connectivity index (χ2v) is 11.4. The fourth-order valence-corrected chi connectivity index (χ4v) is 6.00. The molecule has 0 amide bonds. The summed E-state index contributed by atoms with van der Waals surface area (Å²) in [6, 6.07) is 22.9. The van der Waals surface area contributed by atoms with E-state index in [2.05, 4.69) is 56.3 Å². The van der Waals surface area contributed by atoms with Gasteiger partial charge in [-0.1, -0.05) is 62.7 Å². The molecule has 0 radical (unpaired) electrons. The maximum absolute atomic E-state index is 11.5. The van der Waals surface area contributed by atoms with E-state index in [1.54, 1.807) is 7.11 Å². The number of carboxylic acids is 1. The van der Waals surface area contributed by atoms with Crippen LogP contribution in [-0.2, 0) is 11.4 Å². The lowest BCUT2D eigenvalue weighted by atomic mass is 9.72. The Morgan fingerprint density at radius 3 is 2.47 bits per heavy atom. The summed E-state index contributed by atoms with van der Waals surface area (Å²) in [6.45, 7) is 5.10. The van der Waals surface area contributed by atoms with Crippen molar-refractivity contribution in [3.8, 4) is 22.6 Å².